The van der Waals surface area contributed by atoms with Crippen LogP contribution in [0.2, 0.25) is 0 Å². The summed E-state index contributed by atoms with van der Waals surface area (Å²) in [5.74, 6) is 3.96. The zero-order chi connectivity index (χ0) is 17.4. The van der Waals surface area contributed by atoms with Crippen LogP contribution in [0.15, 0.2) is 27.8 Å². The summed E-state index contributed by atoms with van der Waals surface area (Å²) in [6.45, 7) is 2.55. The van der Waals surface area contributed by atoms with Gasteiger partial charge in [-0.3, -0.25) is 4.99 Å². The van der Waals surface area contributed by atoms with Gasteiger partial charge in [-0.1, -0.05) is 0 Å². The van der Waals surface area contributed by atoms with Gasteiger partial charge in [0.1, 0.15) is 6.29 Å². The predicted molar refractivity (Wildman–Crippen MR) is 92.2 cm³/mol. The third-order valence-electron chi connectivity index (χ3n) is 8.44. The largest absolute Gasteiger partial charge is 0.463 e. The van der Waals surface area contributed by atoms with Gasteiger partial charge in [0.2, 0.25) is 0 Å². The first-order valence-corrected chi connectivity index (χ1v) is 10.2. The maximum Gasteiger partial charge on any atom is 0.337 e. The Bertz CT molecular complexity index is 909. The number of amidine groups is 1. The van der Waals surface area contributed by atoms with Crippen LogP contribution >= 0.6 is 11.3 Å². The lowest BCUT2D eigenvalue weighted by molar-refractivity contribution is -0.628. The lowest BCUT2D eigenvalue weighted by Gasteiger charge is -3.10. The zero-order valence-corrected chi connectivity index (χ0v) is 15.0. The second kappa shape index (κ2) is 3.96. The fraction of sp³-hybridized carbons (Fsp3) is 0.579. The van der Waals surface area contributed by atoms with Crippen molar-refractivity contribution in [3.63, 3.8) is 0 Å². The van der Waals surface area contributed by atoms with Crippen molar-refractivity contribution in [3.05, 3.63) is 27.9 Å². The van der Waals surface area contributed by atoms with E-state index in [1.54, 1.807) is 17.5 Å². The Morgan fingerprint density at radius 2 is 2.08 bits per heavy atom. The Morgan fingerprint density at radius 1 is 1.35 bits per heavy atom. The minimum Gasteiger partial charge on any atom is -0.463 e. The third-order valence-corrected chi connectivity index (χ3v) is 9.22. The molecule has 2 heterocycles. The average Bonchev–Trinajstić information content (AvgIpc) is 3.22. The van der Waals surface area contributed by atoms with Crippen LogP contribution in [0.4, 0.5) is 0 Å². The molecule has 0 radical (unpaired) electrons. The van der Waals surface area contributed by atoms with Crippen LogP contribution in [0.1, 0.15) is 11.9 Å². The van der Waals surface area contributed by atoms with Crippen LogP contribution in [0.25, 0.3) is 0 Å². The highest BCUT2D eigenvalue weighted by atomic mass is 32.1. The number of hydrogen-bond acceptors (Lipinski definition) is 7. The molecule has 0 saturated heterocycles. The highest BCUT2D eigenvalue weighted by molar-refractivity contribution is 7.11. The number of carbonyl (C=O) groups excluding carboxylic acids is 2. The summed E-state index contributed by atoms with van der Waals surface area (Å²) in [6.07, 6.45) is 3.02. The van der Waals surface area contributed by atoms with E-state index in [9.17, 15) is 9.59 Å². The molecule has 1 aliphatic heterocycles. The number of rotatable bonds is 5. The Morgan fingerprint density at radius 3 is 2.65 bits per heavy atom. The average molecular weight is 367 g/mol. The van der Waals surface area contributed by atoms with E-state index in [2.05, 4.69) is 15.3 Å². The predicted octanol–water partition coefficient (Wildman–Crippen LogP) is 1.25. The van der Waals surface area contributed by atoms with E-state index in [1.165, 1.54) is 6.29 Å². The smallest absolute Gasteiger partial charge is 0.337 e. The first-order valence-electron chi connectivity index (χ1n) is 9.31. The number of nitrogens with zero attached hydrogens (tertiary/aromatic N) is 2. The van der Waals surface area contributed by atoms with Gasteiger partial charge in [0.25, 0.3) is 0 Å². The molecule has 6 fully saturated rings. The molecule has 0 aromatic carbocycles. The van der Waals surface area contributed by atoms with Gasteiger partial charge in [0, 0.05) is 28.1 Å². The van der Waals surface area contributed by atoms with Crippen molar-refractivity contribution < 1.29 is 14.3 Å². The number of esters is 1. The molecule has 26 heavy (non-hydrogen) atoms. The molecule has 7 heteroatoms. The van der Waals surface area contributed by atoms with Crippen LogP contribution in [0.3, 0.4) is 0 Å². The summed E-state index contributed by atoms with van der Waals surface area (Å²) < 4.78 is 5.32. The van der Waals surface area contributed by atoms with Gasteiger partial charge in [0.15, 0.2) is 10.8 Å². The van der Waals surface area contributed by atoms with Crippen molar-refractivity contribution in [2.24, 2.45) is 51.3 Å². The summed E-state index contributed by atoms with van der Waals surface area (Å²) in [7, 11) is 0. The normalized spacial score (nSPS) is 50.0. The van der Waals surface area contributed by atoms with Crippen molar-refractivity contribution in [3.8, 4) is 0 Å². The molecular weight excluding hydrogens is 350 g/mol. The number of carbonyl (C=O) groups is 2. The minimum atomic E-state index is -0.254. The second-order valence-corrected chi connectivity index (χ2v) is 9.30. The fourth-order valence-electron chi connectivity index (χ4n) is 8.03. The first-order chi connectivity index (χ1) is 12.7. The summed E-state index contributed by atoms with van der Waals surface area (Å²) in [5, 5.41) is 6.29. The monoisotopic (exact) mass is 367 g/mol. The van der Waals surface area contributed by atoms with Gasteiger partial charge in [0.05, 0.1) is 18.7 Å². The standard InChI is InChI=1S/C19H17N3O3S/c1-2-25-17(24)7-5-21-15(16-20-3-4-26-16)22-14(7)19-11-8-12(19)10-13(19)9(11)18(8,10)6-23/h3-4,6,8-13H,2,5H2,1H3,(H,21,22). The number of allylic oxidation sites excluding steroid dienone is 1. The molecule has 6 saturated carbocycles. The van der Waals surface area contributed by atoms with E-state index < -0.39 is 0 Å². The lowest BCUT2D eigenvalue weighted by Crippen LogP contribution is -3.10. The van der Waals surface area contributed by atoms with E-state index >= 15 is 0 Å². The Kier molecular flexibility index (Phi) is 2.14. The summed E-state index contributed by atoms with van der Waals surface area (Å²) in [6, 6.07) is 0. The third kappa shape index (κ3) is 1.01. The van der Waals surface area contributed by atoms with E-state index in [4.69, 9.17) is 4.74 Å². The maximum atomic E-state index is 12.6. The SMILES string of the molecule is CCOC(=O)C1=C(C23C4C5C2C2C3C4C52C=O)NC(c2nccs2)=NC1. The number of ether oxygens (including phenoxy) is 1. The molecule has 0 spiro atoms. The van der Waals surface area contributed by atoms with Crippen LogP contribution in [0, 0.1) is 46.3 Å². The van der Waals surface area contributed by atoms with Gasteiger partial charge >= 0.3 is 5.97 Å². The molecule has 0 bridgehead atoms. The van der Waals surface area contributed by atoms with E-state index in [0.29, 0.717) is 54.2 Å². The second-order valence-electron chi connectivity index (χ2n) is 8.41. The number of aliphatic imine (C=N–C) groups is 1. The summed E-state index contributed by atoms with van der Waals surface area (Å²) in [5.41, 5.74) is 1.85. The molecule has 6 nitrogen and oxygen atoms in total. The Hall–Kier alpha value is -2.02. The summed E-state index contributed by atoms with van der Waals surface area (Å²) in [4.78, 5) is 33.1. The van der Waals surface area contributed by atoms with Crippen LogP contribution in [-0.2, 0) is 14.3 Å². The van der Waals surface area contributed by atoms with Gasteiger partial charge in [-0.25, -0.2) is 9.78 Å². The van der Waals surface area contributed by atoms with E-state index in [-0.39, 0.29) is 16.8 Å². The molecule has 0 amide bonds. The van der Waals surface area contributed by atoms with Crippen molar-refractivity contribution in [2.75, 3.05) is 13.2 Å². The van der Waals surface area contributed by atoms with Gasteiger partial charge in [-0.15, -0.1) is 11.3 Å². The molecule has 6 aliphatic carbocycles. The molecule has 7 aliphatic rings. The zero-order valence-electron chi connectivity index (χ0n) is 14.1. The number of nitrogens with one attached hydrogen (secondary N) is 1. The van der Waals surface area contributed by atoms with Crippen LogP contribution in [-0.4, -0.2) is 36.2 Å². The molecule has 8 rings (SSSR count). The van der Waals surface area contributed by atoms with E-state index in [1.807, 2.05) is 12.3 Å². The Labute approximate surface area is 153 Å². The topological polar surface area (TPSA) is 80.7 Å². The lowest BCUT2D eigenvalue weighted by atomic mass is 8.92. The molecule has 1 aromatic rings. The number of aromatic nitrogens is 1. The highest BCUT2D eigenvalue weighted by Gasteiger charge is 3.10. The van der Waals surface area contributed by atoms with Crippen molar-refractivity contribution in [1.82, 2.24) is 10.3 Å². The molecular formula is C19H17N3O3S. The number of thiazole rings is 1. The van der Waals surface area contributed by atoms with Gasteiger partial charge < -0.3 is 14.8 Å². The van der Waals surface area contributed by atoms with Gasteiger partial charge in [-0.05, 0) is 42.4 Å². The van der Waals surface area contributed by atoms with E-state index in [0.717, 1.165) is 16.5 Å². The van der Waals surface area contributed by atoms with Crippen molar-refractivity contribution in [1.29, 1.82) is 0 Å². The molecule has 132 valence electrons. The minimum absolute atomic E-state index is 0.0350. The summed E-state index contributed by atoms with van der Waals surface area (Å²) >= 11 is 1.55. The maximum absolute atomic E-state index is 12.6. The molecule has 0 atom stereocenters. The first kappa shape index (κ1) is 14.1. The molecule has 0 unspecified atom stereocenters. The number of aldehydes is 1. The van der Waals surface area contributed by atoms with Crippen molar-refractivity contribution in [2.45, 2.75) is 6.92 Å². The van der Waals surface area contributed by atoms with Crippen LogP contribution in [0.5, 0.6) is 0 Å². The van der Waals surface area contributed by atoms with Crippen LogP contribution < -0.4 is 5.32 Å². The Balaban J connectivity index is 1.29. The fourth-order valence-corrected chi connectivity index (χ4v) is 8.63. The van der Waals surface area contributed by atoms with Gasteiger partial charge in [-0.2, -0.15) is 0 Å². The number of hydrogen-bond donors (Lipinski definition) is 1. The molecule has 1 N–H and O–H groups in total. The molecule has 1 aromatic heterocycles. The quantitative estimate of drug-likeness (QED) is 0.626. The highest BCUT2D eigenvalue weighted by Crippen LogP contribution is 3.10. The van der Waals surface area contributed by atoms with Crippen molar-refractivity contribution >= 4 is 29.4 Å².